The number of likely N-dealkylation sites (tertiary alicyclic amines) is 2. The van der Waals surface area contributed by atoms with Gasteiger partial charge in [-0.1, -0.05) is 30.7 Å². The van der Waals surface area contributed by atoms with Gasteiger partial charge in [0.2, 0.25) is 5.91 Å². The predicted octanol–water partition coefficient (Wildman–Crippen LogP) is 2.82. The second-order valence-electron chi connectivity index (χ2n) is 9.07. The summed E-state index contributed by atoms with van der Waals surface area (Å²) in [5.41, 5.74) is 0.599. The largest absolute Gasteiger partial charge is 0.340 e. The van der Waals surface area contributed by atoms with Crippen LogP contribution in [0.5, 0.6) is 0 Å². The number of hydrogen-bond donors (Lipinski definition) is 0. The first kappa shape index (κ1) is 22.6. The lowest BCUT2D eigenvalue weighted by Gasteiger charge is -2.43. The number of piperidine rings is 2. The third-order valence-electron chi connectivity index (χ3n) is 7.38. The van der Waals surface area contributed by atoms with Crippen LogP contribution in [-0.4, -0.2) is 96.4 Å². The minimum Gasteiger partial charge on any atom is -0.340 e. The van der Waals surface area contributed by atoms with Crippen LogP contribution < -0.4 is 0 Å². The van der Waals surface area contributed by atoms with Gasteiger partial charge in [-0.25, -0.2) is 0 Å². The highest BCUT2D eigenvalue weighted by Gasteiger charge is 2.34. The van der Waals surface area contributed by atoms with Crippen LogP contribution in [0.4, 0.5) is 0 Å². The van der Waals surface area contributed by atoms with Crippen LogP contribution in [0.25, 0.3) is 0 Å². The average Bonchev–Trinajstić information content (AvgIpc) is 2.84. The number of likely N-dealkylation sites (N-methyl/N-ethyl adjacent to an activating group) is 1. The highest BCUT2D eigenvalue weighted by molar-refractivity contribution is 6.33. The highest BCUT2D eigenvalue weighted by atomic mass is 35.5. The number of carbonyl (C=O) groups is 2. The molecule has 3 aliphatic rings. The predicted molar refractivity (Wildman–Crippen MR) is 123 cm³/mol. The van der Waals surface area contributed by atoms with E-state index in [0.29, 0.717) is 22.5 Å². The Kier molecular flexibility index (Phi) is 7.51. The van der Waals surface area contributed by atoms with Gasteiger partial charge in [-0.05, 0) is 57.5 Å². The third-order valence-corrected chi connectivity index (χ3v) is 7.71. The van der Waals surface area contributed by atoms with Gasteiger partial charge in [0.1, 0.15) is 0 Å². The Morgan fingerprint density at radius 1 is 0.871 bits per heavy atom. The summed E-state index contributed by atoms with van der Waals surface area (Å²) in [6.07, 6.45) is 3.92. The van der Waals surface area contributed by atoms with Gasteiger partial charge in [-0.15, -0.1) is 0 Å². The fourth-order valence-corrected chi connectivity index (χ4v) is 5.51. The molecule has 31 heavy (non-hydrogen) atoms. The summed E-state index contributed by atoms with van der Waals surface area (Å²) in [4.78, 5) is 34.7. The van der Waals surface area contributed by atoms with Crippen LogP contribution in [0.15, 0.2) is 24.3 Å². The molecule has 6 nitrogen and oxygen atoms in total. The van der Waals surface area contributed by atoms with Gasteiger partial charge in [0.25, 0.3) is 5.91 Å². The van der Waals surface area contributed by atoms with E-state index in [1.165, 1.54) is 0 Å². The van der Waals surface area contributed by atoms with E-state index in [1.807, 2.05) is 17.0 Å². The van der Waals surface area contributed by atoms with Crippen molar-refractivity contribution < 1.29 is 9.59 Å². The van der Waals surface area contributed by atoms with E-state index in [1.54, 1.807) is 12.1 Å². The number of carbonyl (C=O) groups excluding carboxylic acids is 2. The zero-order valence-corrected chi connectivity index (χ0v) is 19.4. The first-order chi connectivity index (χ1) is 15.1. The Morgan fingerprint density at radius 2 is 1.52 bits per heavy atom. The number of nitrogens with zero attached hydrogens (tertiary/aromatic N) is 4. The molecule has 3 fully saturated rings. The Labute approximate surface area is 191 Å². The topological polar surface area (TPSA) is 47.1 Å². The van der Waals surface area contributed by atoms with Crippen LogP contribution in [0.3, 0.4) is 0 Å². The lowest BCUT2D eigenvalue weighted by molar-refractivity contribution is -0.139. The lowest BCUT2D eigenvalue weighted by Crippen LogP contribution is -2.53. The van der Waals surface area contributed by atoms with E-state index in [4.69, 9.17) is 11.6 Å². The maximum Gasteiger partial charge on any atom is 0.255 e. The highest BCUT2D eigenvalue weighted by Crippen LogP contribution is 2.27. The van der Waals surface area contributed by atoms with Gasteiger partial charge in [0, 0.05) is 51.2 Å². The molecule has 3 aliphatic heterocycles. The van der Waals surface area contributed by atoms with Crippen molar-refractivity contribution in [1.29, 1.82) is 0 Å². The zero-order chi connectivity index (χ0) is 21.8. The molecule has 0 spiro atoms. The molecule has 2 amide bonds. The summed E-state index contributed by atoms with van der Waals surface area (Å²) in [6.45, 7) is 10.6. The Balaban J connectivity index is 1.22. The van der Waals surface area contributed by atoms with Crippen molar-refractivity contribution in [2.24, 2.45) is 5.92 Å². The van der Waals surface area contributed by atoms with Crippen molar-refractivity contribution in [2.45, 2.75) is 38.6 Å². The van der Waals surface area contributed by atoms with Crippen LogP contribution in [-0.2, 0) is 4.79 Å². The van der Waals surface area contributed by atoms with E-state index < -0.39 is 0 Å². The number of halogens is 1. The molecule has 0 aliphatic carbocycles. The maximum atomic E-state index is 12.9. The molecular formula is C24H35ClN4O2. The quantitative estimate of drug-likeness (QED) is 0.713. The van der Waals surface area contributed by atoms with E-state index in [2.05, 4.69) is 21.6 Å². The summed E-state index contributed by atoms with van der Waals surface area (Å²) >= 11 is 6.21. The molecule has 3 heterocycles. The molecule has 170 valence electrons. The fraction of sp³-hybridized carbons (Fsp3) is 0.667. The zero-order valence-electron chi connectivity index (χ0n) is 18.6. The molecule has 7 heteroatoms. The van der Waals surface area contributed by atoms with Gasteiger partial charge in [0.15, 0.2) is 0 Å². The van der Waals surface area contributed by atoms with Gasteiger partial charge in [-0.3, -0.25) is 9.59 Å². The van der Waals surface area contributed by atoms with Gasteiger partial charge < -0.3 is 19.6 Å². The normalized spacial score (nSPS) is 22.6. The summed E-state index contributed by atoms with van der Waals surface area (Å²) in [5, 5.41) is 0.525. The number of hydrogen-bond acceptors (Lipinski definition) is 4. The van der Waals surface area contributed by atoms with Gasteiger partial charge in [-0.2, -0.15) is 0 Å². The molecule has 0 saturated carbocycles. The Hall–Kier alpha value is -1.63. The fourth-order valence-electron chi connectivity index (χ4n) is 5.29. The van der Waals surface area contributed by atoms with E-state index >= 15 is 0 Å². The number of amides is 2. The van der Waals surface area contributed by atoms with Crippen molar-refractivity contribution in [3.05, 3.63) is 34.9 Å². The molecule has 3 saturated heterocycles. The van der Waals surface area contributed by atoms with Crippen molar-refractivity contribution in [3.63, 3.8) is 0 Å². The summed E-state index contributed by atoms with van der Waals surface area (Å²) in [7, 11) is 0. The SMILES string of the molecule is CCN1CCN(C(=O)C2CCN(C3CCN(C(=O)c4ccccc4Cl)CC3)CC2)CC1. The summed E-state index contributed by atoms with van der Waals surface area (Å²) in [5.74, 6) is 0.596. The average molecular weight is 447 g/mol. The monoisotopic (exact) mass is 446 g/mol. The minimum atomic E-state index is 0.0384. The standard InChI is InChI=1S/C24H35ClN4O2/c1-2-26-15-17-29(18-16-26)23(30)19-7-11-27(12-8-19)20-9-13-28(14-10-20)24(31)21-5-3-4-6-22(21)25/h3-6,19-20H,2,7-18H2,1H3. The van der Waals surface area contributed by atoms with Gasteiger partial charge in [0.05, 0.1) is 10.6 Å². The van der Waals surface area contributed by atoms with E-state index in [-0.39, 0.29) is 11.8 Å². The molecule has 0 N–H and O–H groups in total. The number of rotatable bonds is 4. The first-order valence-electron chi connectivity index (χ1n) is 11.9. The lowest BCUT2D eigenvalue weighted by atomic mass is 9.92. The van der Waals surface area contributed by atoms with E-state index in [0.717, 1.165) is 84.6 Å². The molecule has 1 aromatic carbocycles. The van der Waals surface area contributed by atoms with Crippen molar-refractivity contribution in [2.75, 3.05) is 58.9 Å². The number of benzene rings is 1. The van der Waals surface area contributed by atoms with Crippen LogP contribution in [0.1, 0.15) is 43.0 Å². The first-order valence-corrected chi connectivity index (χ1v) is 12.2. The molecule has 4 rings (SSSR count). The van der Waals surface area contributed by atoms with Crippen LogP contribution in [0, 0.1) is 5.92 Å². The molecule has 1 aromatic rings. The summed E-state index contributed by atoms with van der Waals surface area (Å²) in [6, 6.07) is 7.81. The van der Waals surface area contributed by atoms with Crippen molar-refractivity contribution in [1.82, 2.24) is 19.6 Å². The Morgan fingerprint density at radius 3 is 2.13 bits per heavy atom. The van der Waals surface area contributed by atoms with Crippen molar-refractivity contribution >= 4 is 23.4 Å². The smallest absolute Gasteiger partial charge is 0.255 e. The van der Waals surface area contributed by atoms with Crippen LogP contribution >= 0.6 is 11.6 Å². The second-order valence-corrected chi connectivity index (χ2v) is 9.48. The molecular weight excluding hydrogens is 412 g/mol. The molecule has 0 bridgehead atoms. The van der Waals surface area contributed by atoms with Crippen LogP contribution in [0.2, 0.25) is 5.02 Å². The summed E-state index contributed by atoms with van der Waals surface area (Å²) < 4.78 is 0. The molecule has 0 unspecified atom stereocenters. The van der Waals surface area contributed by atoms with Gasteiger partial charge >= 0.3 is 0 Å². The second kappa shape index (κ2) is 10.3. The molecule has 0 radical (unpaired) electrons. The number of piperazine rings is 1. The van der Waals surface area contributed by atoms with Crippen molar-refractivity contribution in [3.8, 4) is 0 Å². The molecule has 0 aromatic heterocycles. The molecule has 0 atom stereocenters. The maximum absolute atomic E-state index is 12.9. The van der Waals surface area contributed by atoms with E-state index in [9.17, 15) is 9.59 Å². The minimum absolute atomic E-state index is 0.0384. The Bertz CT molecular complexity index is 765. The third kappa shape index (κ3) is 5.24.